The molecule has 148 valence electrons. The van der Waals surface area contributed by atoms with Crippen molar-refractivity contribution in [3.63, 3.8) is 0 Å². The van der Waals surface area contributed by atoms with Gasteiger partial charge >= 0.3 is 0 Å². The van der Waals surface area contributed by atoms with Crippen molar-refractivity contribution in [1.29, 1.82) is 0 Å². The van der Waals surface area contributed by atoms with E-state index in [0.717, 1.165) is 30.6 Å². The summed E-state index contributed by atoms with van der Waals surface area (Å²) in [6, 6.07) is 6.78. The lowest BCUT2D eigenvalue weighted by Gasteiger charge is -2.14. The van der Waals surface area contributed by atoms with Crippen LogP contribution in [0.3, 0.4) is 0 Å². The Hall–Kier alpha value is -2.32. The van der Waals surface area contributed by atoms with Crippen LogP contribution in [-0.2, 0) is 10.0 Å². The summed E-state index contributed by atoms with van der Waals surface area (Å²) in [5.74, 6) is 1.03. The second kappa shape index (κ2) is 9.05. The number of rotatable bonds is 9. The molecule has 0 saturated heterocycles. The van der Waals surface area contributed by atoms with E-state index in [0.29, 0.717) is 17.3 Å². The van der Waals surface area contributed by atoms with E-state index in [-0.39, 0.29) is 4.90 Å². The van der Waals surface area contributed by atoms with Crippen molar-refractivity contribution in [3.05, 3.63) is 41.6 Å². The highest BCUT2D eigenvalue weighted by Crippen LogP contribution is 2.29. The quantitative estimate of drug-likeness (QED) is 0.639. The highest BCUT2D eigenvalue weighted by atomic mass is 32.2. The van der Waals surface area contributed by atoms with Gasteiger partial charge in [-0.1, -0.05) is 0 Å². The fourth-order valence-corrected chi connectivity index (χ4v) is 3.79. The molecule has 27 heavy (non-hydrogen) atoms. The topological polar surface area (TPSA) is 83.6 Å². The summed E-state index contributed by atoms with van der Waals surface area (Å²) in [7, 11) is 1.74. The molecule has 2 N–H and O–H groups in total. The maximum atomic E-state index is 12.8. The van der Waals surface area contributed by atoms with E-state index in [1.165, 1.54) is 13.3 Å². The Labute approximate surface area is 161 Å². The minimum absolute atomic E-state index is 0.110. The van der Waals surface area contributed by atoms with E-state index < -0.39 is 10.0 Å². The molecule has 0 radical (unpaired) electrons. The molecule has 8 heteroatoms. The number of methoxy groups -OCH3 is 1. The molecule has 0 saturated carbocycles. The molecule has 0 bridgehead atoms. The van der Waals surface area contributed by atoms with Crippen LogP contribution in [0.2, 0.25) is 0 Å². The number of aromatic nitrogens is 1. The minimum Gasteiger partial charge on any atom is -0.495 e. The Kier molecular flexibility index (Phi) is 7.04. The third-order valence-corrected chi connectivity index (χ3v) is 5.58. The van der Waals surface area contributed by atoms with Crippen molar-refractivity contribution in [1.82, 2.24) is 9.88 Å². The first-order valence-electron chi connectivity index (χ1n) is 8.75. The molecule has 1 heterocycles. The van der Waals surface area contributed by atoms with Crippen molar-refractivity contribution in [2.24, 2.45) is 0 Å². The van der Waals surface area contributed by atoms with Crippen LogP contribution < -0.4 is 14.8 Å². The van der Waals surface area contributed by atoms with E-state index in [9.17, 15) is 8.42 Å². The number of benzene rings is 1. The van der Waals surface area contributed by atoms with Crippen molar-refractivity contribution in [2.75, 3.05) is 44.3 Å². The van der Waals surface area contributed by atoms with Crippen molar-refractivity contribution in [3.8, 4) is 5.75 Å². The minimum atomic E-state index is -3.78. The summed E-state index contributed by atoms with van der Waals surface area (Å²) in [6.45, 7) is 5.57. The van der Waals surface area contributed by atoms with Gasteiger partial charge in [-0.25, -0.2) is 13.4 Å². The largest absolute Gasteiger partial charge is 0.495 e. The monoisotopic (exact) mass is 392 g/mol. The van der Waals surface area contributed by atoms with Gasteiger partial charge in [0.25, 0.3) is 10.0 Å². The molecule has 1 aromatic heterocycles. The normalized spacial score (nSPS) is 11.5. The van der Waals surface area contributed by atoms with E-state index >= 15 is 0 Å². The Morgan fingerprint density at radius 1 is 1.15 bits per heavy atom. The molecular formula is C19H28N4O3S. The molecule has 1 aromatic carbocycles. The van der Waals surface area contributed by atoms with Crippen LogP contribution in [0.5, 0.6) is 5.75 Å². The SMILES string of the molecule is COc1cc(C)c(C)cc1S(=O)(=O)Nc1ccc(NCCCN(C)C)nc1. The van der Waals surface area contributed by atoms with E-state index in [1.807, 2.05) is 27.9 Å². The second-order valence-corrected chi connectivity index (χ2v) is 8.36. The lowest BCUT2D eigenvalue weighted by molar-refractivity contribution is 0.402. The number of pyridine rings is 1. The molecule has 0 unspecified atom stereocenters. The first kappa shape index (κ1) is 21.0. The maximum Gasteiger partial charge on any atom is 0.265 e. The molecular weight excluding hydrogens is 364 g/mol. The van der Waals surface area contributed by atoms with Gasteiger partial charge in [-0.05, 0) is 76.3 Å². The fourth-order valence-electron chi connectivity index (χ4n) is 2.51. The number of nitrogens with one attached hydrogen (secondary N) is 2. The van der Waals surface area contributed by atoms with Gasteiger partial charge in [0.2, 0.25) is 0 Å². The highest BCUT2D eigenvalue weighted by Gasteiger charge is 2.21. The average molecular weight is 393 g/mol. The lowest BCUT2D eigenvalue weighted by atomic mass is 10.1. The summed E-state index contributed by atoms with van der Waals surface area (Å²) < 4.78 is 33.3. The van der Waals surface area contributed by atoms with Crippen LogP contribution in [0.4, 0.5) is 11.5 Å². The molecule has 0 spiro atoms. The predicted octanol–water partition coefficient (Wildman–Crippen LogP) is 2.87. The molecule has 7 nitrogen and oxygen atoms in total. The third-order valence-electron chi connectivity index (χ3n) is 4.17. The second-order valence-electron chi connectivity index (χ2n) is 6.71. The Balaban J connectivity index is 2.09. The molecule has 0 aliphatic carbocycles. The summed E-state index contributed by atoms with van der Waals surface area (Å²) in [4.78, 5) is 6.49. The summed E-state index contributed by atoms with van der Waals surface area (Å²) in [5.41, 5.74) is 2.25. The van der Waals surface area contributed by atoms with Crippen molar-refractivity contribution in [2.45, 2.75) is 25.2 Å². The number of aryl methyl sites for hydroxylation is 2. The zero-order valence-electron chi connectivity index (χ0n) is 16.5. The summed E-state index contributed by atoms with van der Waals surface area (Å²) >= 11 is 0. The zero-order valence-corrected chi connectivity index (χ0v) is 17.4. The molecule has 2 rings (SSSR count). The molecule has 0 aliphatic heterocycles. The van der Waals surface area contributed by atoms with Crippen LogP contribution >= 0.6 is 0 Å². The lowest BCUT2D eigenvalue weighted by Crippen LogP contribution is -2.17. The first-order chi connectivity index (χ1) is 12.7. The average Bonchev–Trinajstić information content (AvgIpc) is 2.61. The van der Waals surface area contributed by atoms with Gasteiger partial charge in [-0.2, -0.15) is 0 Å². The molecule has 0 amide bonds. The predicted molar refractivity (Wildman–Crippen MR) is 109 cm³/mol. The molecule has 0 fully saturated rings. The number of hydrogen-bond acceptors (Lipinski definition) is 6. The standard InChI is InChI=1S/C19H28N4O3S/c1-14-11-17(26-5)18(12-15(14)2)27(24,25)22-16-7-8-19(21-13-16)20-9-6-10-23(3)4/h7-8,11-13,22H,6,9-10H2,1-5H3,(H,20,21). The maximum absolute atomic E-state index is 12.8. The zero-order chi connectivity index (χ0) is 20.0. The van der Waals surface area contributed by atoms with E-state index in [2.05, 4.69) is 19.9 Å². The number of hydrogen-bond donors (Lipinski definition) is 2. The fraction of sp³-hybridized carbons (Fsp3) is 0.421. The first-order valence-corrected chi connectivity index (χ1v) is 10.2. The van der Waals surface area contributed by atoms with Gasteiger partial charge in [0.1, 0.15) is 16.5 Å². The molecule has 0 aliphatic rings. The van der Waals surface area contributed by atoms with Gasteiger partial charge in [0.15, 0.2) is 0 Å². The van der Waals surface area contributed by atoms with Crippen LogP contribution in [0.25, 0.3) is 0 Å². The molecule has 2 aromatic rings. The van der Waals surface area contributed by atoms with Crippen LogP contribution in [-0.4, -0.2) is 52.6 Å². The van der Waals surface area contributed by atoms with E-state index in [4.69, 9.17) is 4.74 Å². The summed E-state index contributed by atoms with van der Waals surface area (Å²) in [6.07, 6.45) is 2.50. The van der Waals surface area contributed by atoms with Gasteiger partial charge in [-0.15, -0.1) is 0 Å². The van der Waals surface area contributed by atoms with Gasteiger partial charge < -0.3 is 15.0 Å². The van der Waals surface area contributed by atoms with Gasteiger partial charge in [-0.3, -0.25) is 4.72 Å². The molecule has 0 atom stereocenters. The highest BCUT2D eigenvalue weighted by molar-refractivity contribution is 7.92. The third kappa shape index (κ3) is 5.83. The number of sulfonamides is 1. The van der Waals surface area contributed by atoms with Crippen molar-refractivity contribution < 1.29 is 13.2 Å². The van der Waals surface area contributed by atoms with Crippen LogP contribution in [0, 0.1) is 13.8 Å². The van der Waals surface area contributed by atoms with Crippen molar-refractivity contribution >= 4 is 21.5 Å². The number of ether oxygens (including phenoxy) is 1. The van der Waals surface area contributed by atoms with Crippen LogP contribution in [0.15, 0.2) is 35.4 Å². The summed E-state index contributed by atoms with van der Waals surface area (Å²) in [5, 5.41) is 3.22. The van der Waals surface area contributed by atoms with Gasteiger partial charge in [0, 0.05) is 6.54 Å². The number of nitrogens with zero attached hydrogens (tertiary/aromatic N) is 2. The Morgan fingerprint density at radius 3 is 2.44 bits per heavy atom. The number of anilines is 2. The smallest absolute Gasteiger partial charge is 0.265 e. The van der Waals surface area contributed by atoms with E-state index in [1.54, 1.807) is 24.3 Å². The Bertz CT molecular complexity index is 865. The van der Waals surface area contributed by atoms with Gasteiger partial charge in [0.05, 0.1) is 19.0 Å². The Morgan fingerprint density at radius 2 is 1.85 bits per heavy atom. The van der Waals surface area contributed by atoms with Crippen LogP contribution in [0.1, 0.15) is 17.5 Å².